The van der Waals surface area contributed by atoms with Crippen molar-refractivity contribution in [2.45, 2.75) is 6.92 Å². The molecule has 0 aliphatic rings. The van der Waals surface area contributed by atoms with Crippen molar-refractivity contribution in [1.29, 1.82) is 0 Å². The Hall–Kier alpha value is -3.36. The monoisotopic (exact) mass is 359 g/mol. The molecular weight excluding hydrogens is 344 g/mol. The number of anilines is 1. The van der Waals surface area contributed by atoms with Gasteiger partial charge in [-0.15, -0.1) is 0 Å². The Labute approximate surface area is 147 Å². The minimum Gasteiger partial charge on any atom is -0.343 e. The normalized spacial score (nSPS) is 10.8. The number of halogens is 2. The zero-order chi connectivity index (χ0) is 18.8. The Morgan fingerprint density at radius 1 is 1.15 bits per heavy atom. The molecule has 0 radical (unpaired) electrons. The van der Waals surface area contributed by atoms with E-state index in [2.05, 4.69) is 20.7 Å². The van der Waals surface area contributed by atoms with Crippen LogP contribution in [0.2, 0.25) is 0 Å². The molecule has 3 rings (SSSR count). The number of carbonyl (C=O) groups is 2. The molecule has 9 heteroatoms. The third-order valence-electron chi connectivity index (χ3n) is 3.68. The van der Waals surface area contributed by atoms with Crippen molar-refractivity contribution in [1.82, 2.24) is 20.1 Å². The van der Waals surface area contributed by atoms with Gasteiger partial charge in [-0.2, -0.15) is 5.10 Å². The molecular formula is C17H15F2N5O2. The SMILES string of the molecule is Cc1nn(C)c2ncc(NC(=O)CNC(=O)c3cc(F)cc(F)c3)cc12. The smallest absolute Gasteiger partial charge is 0.251 e. The van der Waals surface area contributed by atoms with Gasteiger partial charge < -0.3 is 10.6 Å². The molecule has 0 aliphatic carbocycles. The number of aromatic nitrogens is 3. The minimum atomic E-state index is -0.870. The van der Waals surface area contributed by atoms with Crippen LogP contribution in [0.4, 0.5) is 14.5 Å². The predicted octanol–water partition coefficient (Wildman–Crippen LogP) is 1.92. The molecule has 2 aromatic heterocycles. The Morgan fingerprint density at radius 2 is 1.85 bits per heavy atom. The second-order valence-corrected chi connectivity index (χ2v) is 5.69. The van der Waals surface area contributed by atoms with Crippen LogP contribution >= 0.6 is 0 Å². The first-order valence-electron chi connectivity index (χ1n) is 7.67. The zero-order valence-corrected chi connectivity index (χ0v) is 14.0. The van der Waals surface area contributed by atoms with Gasteiger partial charge in [-0.25, -0.2) is 13.8 Å². The average molecular weight is 359 g/mol. The molecule has 26 heavy (non-hydrogen) atoms. The van der Waals surface area contributed by atoms with Gasteiger partial charge in [-0.05, 0) is 25.1 Å². The quantitative estimate of drug-likeness (QED) is 0.745. The van der Waals surface area contributed by atoms with Gasteiger partial charge in [0.05, 0.1) is 24.1 Å². The number of rotatable bonds is 4. The highest BCUT2D eigenvalue weighted by Crippen LogP contribution is 2.19. The molecule has 7 nitrogen and oxygen atoms in total. The largest absolute Gasteiger partial charge is 0.343 e. The Kier molecular flexibility index (Phi) is 4.61. The molecule has 3 aromatic rings. The lowest BCUT2D eigenvalue weighted by molar-refractivity contribution is -0.115. The summed E-state index contributed by atoms with van der Waals surface area (Å²) in [4.78, 5) is 28.1. The molecule has 0 unspecified atom stereocenters. The lowest BCUT2D eigenvalue weighted by Crippen LogP contribution is -2.33. The van der Waals surface area contributed by atoms with Gasteiger partial charge in [0.1, 0.15) is 11.6 Å². The van der Waals surface area contributed by atoms with Crippen LogP contribution in [0.25, 0.3) is 11.0 Å². The van der Waals surface area contributed by atoms with E-state index in [0.717, 1.165) is 23.2 Å². The zero-order valence-electron chi connectivity index (χ0n) is 14.0. The molecule has 2 N–H and O–H groups in total. The van der Waals surface area contributed by atoms with Crippen LogP contribution in [0.5, 0.6) is 0 Å². The van der Waals surface area contributed by atoms with Crippen LogP contribution in [0.15, 0.2) is 30.5 Å². The molecule has 2 amide bonds. The van der Waals surface area contributed by atoms with Crippen molar-refractivity contribution in [3.8, 4) is 0 Å². The molecule has 0 aliphatic heterocycles. The number of aryl methyl sites for hydroxylation is 2. The van der Waals surface area contributed by atoms with Crippen molar-refractivity contribution in [3.05, 3.63) is 53.4 Å². The van der Waals surface area contributed by atoms with Gasteiger partial charge in [0.15, 0.2) is 5.65 Å². The Morgan fingerprint density at radius 3 is 2.54 bits per heavy atom. The Bertz CT molecular complexity index is 996. The average Bonchev–Trinajstić information content (AvgIpc) is 2.86. The van der Waals surface area contributed by atoms with E-state index in [0.29, 0.717) is 17.4 Å². The number of hydrogen-bond acceptors (Lipinski definition) is 4. The molecule has 0 saturated heterocycles. The van der Waals surface area contributed by atoms with E-state index in [1.807, 2.05) is 6.92 Å². The Balaban J connectivity index is 1.63. The standard InChI is InChI=1S/C17H15F2N5O2/c1-9-14-6-13(7-20-16(14)24(2)23-9)22-15(25)8-21-17(26)10-3-11(18)5-12(19)4-10/h3-7H,8H2,1-2H3,(H,21,26)(H,22,25). The molecule has 0 saturated carbocycles. The fourth-order valence-corrected chi connectivity index (χ4v) is 2.53. The lowest BCUT2D eigenvalue weighted by Gasteiger charge is -2.07. The number of hydrogen-bond donors (Lipinski definition) is 2. The van der Waals surface area contributed by atoms with E-state index in [4.69, 9.17) is 0 Å². The second-order valence-electron chi connectivity index (χ2n) is 5.69. The highest BCUT2D eigenvalue weighted by Gasteiger charge is 2.12. The van der Waals surface area contributed by atoms with Gasteiger partial charge in [0, 0.05) is 24.1 Å². The molecule has 0 bridgehead atoms. The highest BCUT2D eigenvalue weighted by molar-refractivity contribution is 5.99. The van der Waals surface area contributed by atoms with E-state index >= 15 is 0 Å². The van der Waals surface area contributed by atoms with Gasteiger partial charge >= 0.3 is 0 Å². The van der Waals surface area contributed by atoms with E-state index in [1.165, 1.54) is 6.20 Å². The van der Waals surface area contributed by atoms with Crippen LogP contribution in [0.1, 0.15) is 16.1 Å². The minimum absolute atomic E-state index is 0.204. The van der Waals surface area contributed by atoms with Crippen LogP contribution in [-0.2, 0) is 11.8 Å². The third kappa shape index (κ3) is 3.66. The third-order valence-corrected chi connectivity index (χ3v) is 3.68. The van der Waals surface area contributed by atoms with Gasteiger partial charge in [-0.3, -0.25) is 14.3 Å². The maximum Gasteiger partial charge on any atom is 0.251 e. The van der Waals surface area contributed by atoms with Gasteiger partial charge in [0.2, 0.25) is 5.91 Å². The van der Waals surface area contributed by atoms with E-state index in [9.17, 15) is 18.4 Å². The van der Waals surface area contributed by atoms with E-state index in [1.54, 1.807) is 17.8 Å². The maximum atomic E-state index is 13.1. The molecule has 0 spiro atoms. The number of amides is 2. The number of fused-ring (bicyclic) bond motifs is 1. The van der Waals surface area contributed by atoms with Gasteiger partial charge in [-0.1, -0.05) is 0 Å². The van der Waals surface area contributed by atoms with Gasteiger partial charge in [0.25, 0.3) is 5.91 Å². The summed E-state index contributed by atoms with van der Waals surface area (Å²) >= 11 is 0. The number of pyridine rings is 1. The molecule has 0 fully saturated rings. The predicted molar refractivity (Wildman–Crippen MR) is 90.6 cm³/mol. The highest BCUT2D eigenvalue weighted by atomic mass is 19.1. The first kappa shape index (κ1) is 17.5. The van der Waals surface area contributed by atoms with Crippen molar-refractivity contribution in [2.24, 2.45) is 7.05 Å². The van der Waals surface area contributed by atoms with Crippen LogP contribution in [0.3, 0.4) is 0 Å². The van der Waals surface area contributed by atoms with Crippen molar-refractivity contribution in [3.63, 3.8) is 0 Å². The van der Waals surface area contributed by atoms with Crippen LogP contribution < -0.4 is 10.6 Å². The molecule has 1 aromatic carbocycles. The van der Waals surface area contributed by atoms with Crippen molar-refractivity contribution in [2.75, 3.05) is 11.9 Å². The first-order valence-corrected chi connectivity index (χ1v) is 7.67. The molecule has 0 atom stereocenters. The summed E-state index contributed by atoms with van der Waals surface area (Å²) < 4.78 is 27.9. The topological polar surface area (TPSA) is 88.9 Å². The van der Waals surface area contributed by atoms with Crippen molar-refractivity contribution >= 4 is 28.5 Å². The van der Waals surface area contributed by atoms with Crippen molar-refractivity contribution < 1.29 is 18.4 Å². The number of nitrogens with zero attached hydrogens (tertiary/aromatic N) is 3. The summed E-state index contributed by atoms with van der Waals surface area (Å²) in [7, 11) is 1.77. The maximum absolute atomic E-state index is 13.1. The van der Waals surface area contributed by atoms with Crippen LogP contribution in [-0.4, -0.2) is 33.1 Å². The summed E-state index contributed by atoms with van der Waals surface area (Å²) in [6, 6.07) is 4.16. The van der Waals surface area contributed by atoms with E-state index < -0.39 is 23.4 Å². The summed E-state index contributed by atoms with van der Waals surface area (Å²) in [5.74, 6) is -3.00. The fraction of sp³-hybridized carbons (Fsp3) is 0.176. The van der Waals surface area contributed by atoms with E-state index in [-0.39, 0.29) is 12.1 Å². The number of carbonyl (C=O) groups excluding carboxylic acids is 2. The fourth-order valence-electron chi connectivity index (χ4n) is 2.53. The summed E-state index contributed by atoms with van der Waals surface area (Å²) in [6.45, 7) is 1.47. The van der Waals surface area contributed by atoms with Crippen LogP contribution in [0, 0.1) is 18.6 Å². The molecule has 134 valence electrons. The summed E-state index contributed by atoms with van der Waals surface area (Å²) in [5.41, 5.74) is 1.70. The summed E-state index contributed by atoms with van der Waals surface area (Å²) in [5, 5.41) is 9.94. The number of nitrogens with one attached hydrogen (secondary N) is 2. The summed E-state index contributed by atoms with van der Waals surface area (Å²) in [6.07, 6.45) is 1.48. The number of benzene rings is 1. The molecule has 2 heterocycles. The first-order chi connectivity index (χ1) is 12.3. The second kappa shape index (κ2) is 6.87. The lowest BCUT2D eigenvalue weighted by atomic mass is 10.2.